The second kappa shape index (κ2) is 14.9. The average molecular weight is 717 g/mol. The monoisotopic (exact) mass is 716 g/mol. The molecule has 1 amide bonds. The number of halogens is 1. The summed E-state index contributed by atoms with van der Waals surface area (Å²) in [4.78, 5) is 29.3. The first-order valence-corrected chi connectivity index (χ1v) is 19.9. The Kier molecular flexibility index (Phi) is 10.4. The van der Waals surface area contributed by atoms with Gasteiger partial charge in [-0.05, 0) is 110 Å². The third kappa shape index (κ3) is 7.51. The fraction of sp³-hybridized carbons (Fsp3) is 0.450. The molecule has 2 bridgehead atoms. The first-order chi connectivity index (χ1) is 24.2. The summed E-state index contributed by atoms with van der Waals surface area (Å²) >= 11 is 6.45. The Labute approximate surface area is 300 Å². The molecule has 1 saturated carbocycles. The molecule has 0 saturated heterocycles. The van der Waals surface area contributed by atoms with Gasteiger partial charge in [0.25, 0.3) is 5.91 Å². The average Bonchev–Trinajstić information content (AvgIpc) is 3.25. The van der Waals surface area contributed by atoms with Crippen molar-refractivity contribution in [1.82, 2.24) is 0 Å². The van der Waals surface area contributed by atoms with Crippen LogP contribution >= 0.6 is 11.6 Å². The topological polar surface area (TPSA) is 94.5 Å². The van der Waals surface area contributed by atoms with Crippen LogP contribution in [0.5, 0.6) is 11.5 Å². The number of ether oxygens (including phenoxy) is 3. The molecule has 50 heavy (non-hydrogen) atoms. The van der Waals surface area contributed by atoms with Crippen molar-refractivity contribution >= 4 is 38.7 Å². The summed E-state index contributed by atoms with van der Waals surface area (Å²) in [5.74, 6) is 0.839. The van der Waals surface area contributed by atoms with Gasteiger partial charge in [0.15, 0.2) is 5.78 Å². The van der Waals surface area contributed by atoms with Crippen LogP contribution in [0.25, 0.3) is 0 Å². The summed E-state index contributed by atoms with van der Waals surface area (Å²) in [5, 5.41) is 0.744. The highest BCUT2D eigenvalue weighted by Gasteiger charge is 2.44. The summed E-state index contributed by atoms with van der Waals surface area (Å²) in [6.07, 6.45) is 10.5. The minimum absolute atomic E-state index is 0.0328. The number of anilines is 1. The molecule has 3 aromatic carbocycles. The molecule has 0 aromatic heterocycles. The minimum atomic E-state index is -3.22. The predicted molar refractivity (Wildman–Crippen MR) is 197 cm³/mol. The lowest BCUT2D eigenvalue weighted by Crippen LogP contribution is -2.49. The molecule has 264 valence electrons. The van der Waals surface area contributed by atoms with E-state index in [0.29, 0.717) is 48.3 Å². The molecule has 4 aliphatic rings. The summed E-state index contributed by atoms with van der Waals surface area (Å²) in [5.41, 5.74) is 3.47. The van der Waals surface area contributed by atoms with Crippen molar-refractivity contribution in [3.63, 3.8) is 0 Å². The van der Waals surface area contributed by atoms with E-state index >= 15 is 0 Å². The van der Waals surface area contributed by atoms with E-state index in [9.17, 15) is 13.8 Å². The van der Waals surface area contributed by atoms with E-state index in [-0.39, 0.29) is 35.4 Å². The Morgan fingerprint density at radius 1 is 1.10 bits per heavy atom. The maximum atomic E-state index is 14.3. The molecule has 2 aliphatic carbocycles. The van der Waals surface area contributed by atoms with Crippen LogP contribution in [-0.4, -0.2) is 66.9 Å². The van der Waals surface area contributed by atoms with Crippen LogP contribution in [0.2, 0.25) is 5.02 Å². The van der Waals surface area contributed by atoms with Gasteiger partial charge in [0.05, 0.1) is 33.9 Å². The van der Waals surface area contributed by atoms with E-state index in [1.807, 2.05) is 36.4 Å². The highest BCUT2D eigenvalue weighted by molar-refractivity contribution is 7.94. The zero-order chi connectivity index (χ0) is 34.7. The number of methoxy groups -OCH3 is 1. The molecule has 7 rings (SSSR count). The van der Waals surface area contributed by atoms with Crippen LogP contribution in [-0.2, 0) is 31.1 Å². The van der Waals surface area contributed by atoms with E-state index in [4.69, 9.17) is 25.8 Å². The van der Waals surface area contributed by atoms with Crippen molar-refractivity contribution in [3.05, 3.63) is 101 Å². The number of aryl methyl sites for hydroxylation is 1. The maximum Gasteiger partial charge on any atom is 0.285 e. The van der Waals surface area contributed by atoms with E-state index in [2.05, 4.69) is 33.5 Å². The highest BCUT2D eigenvalue weighted by Crippen LogP contribution is 2.47. The zero-order valence-corrected chi connectivity index (χ0v) is 30.1. The number of rotatable bonds is 6. The zero-order valence-electron chi connectivity index (χ0n) is 28.6. The van der Waals surface area contributed by atoms with Crippen LogP contribution in [0.4, 0.5) is 5.69 Å². The van der Waals surface area contributed by atoms with Crippen LogP contribution in [0.1, 0.15) is 60.0 Å². The molecule has 0 radical (unpaired) electrons. The number of benzene rings is 3. The molecular formula is C40H45ClN2O6S. The van der Waals surface area contributed by atoms with Gasteiger partial charge in [-0.3, -0.25) is 9.59 Å². The van der Waals surface area contributed by atoms with Crippen LogP contribution in [0.3, 0.4) is 0 Å². The molecule has 8 nitrogen and oxygen atoms in total. The van der Waals surface area contributed by atoms with Crippen molar-refractivity contribution in [2.24, 2.45) is 16.2 Å². The maximum absolute atomic E-state index is 14.3. The summed E-state index contributed by atoms with van der Waals surface area (Å²) in [6, 6.07) is 20.6. The van der Waals surface area contributed by atoms with Gasteiger partial charge in [0, 0.05) is 42.0 Å². The molecule has 2 heterocycles. The third-order valence-electron chi connectivity index (χ3n) is 10.8. The molecule has 1 spiro atoms. The Morgan fingerprint density at radius 3 is 2.76 bits per heavy atom. The normalized spacial score (nSPS) is 28.6. The van der Waals surface area contributed by atoms with Crippen LogP contribution in [0.15, 0.2) is 83.2 Å². The van der Waals surface area contributed by atoms with Crippen molar-refractivity contribution in [2.75, 3.05) is 49.8 Å². The number of hydrogen-bond acceptors (Lipinski definition) is 7. The van der Waals surface area contributed by atoms with Crippen molar-refractivity contribution < 1.29 is 28.0 Å². The Balaban J connectivity index is 1.24. The Hall–Kier alpha value is -3.66. The summed E-state index contributed by atoms with van der Waals surface area (Å²) in [7, 11) is -1.45. The van der Waals surface area contributed by atoms with Crippen molar-refractivity contribution in [1.29, 1.82) is 0 Å². The molecule has 10 heteroatoms. The van der Waals surface area contributed by atoms with Gasteiger partial charge in [-0.25, -0.2) is 4.21 Å². The molecular weight excluding hydrogens is 672 g/mol. The molecule has 0 unspecified atom stereocenters. The van der Waals surface area contributed by atoms with Gasteiger partial charge >= 0.3 is 0 Å². The predicted octanol–water partition coefficient (Wildman–Crippen LogP) is 7.46. The van der Waals surface area contributed by atoms with Gasteiger partial charge in [-0.1, -0.05) is 48.0 Å². The fourth-order valence-corrected chi connectivity index (χ4v) is 10.3. The first-order valence-electron chi connectivity index (χ1n) is 17.7. The lowest BCUT2D eigenvalue weighted by molar-refractivity contribution is -0.118. The smallest absolute Gasteiger partial charge is 0.285 e. The molecule has 1 fully saturated rings. The number of Topliss-reactive ketones (excluding diaryl/α,β-unsaturated/α-hetero) is 1. The van der Waals surface area contributed by atoms with Crippen molar-refractivity contribution in [3.8, 4) is 11.5 Å². The van der Waals surface area contributed by atoms with Gasteiger partial charge in [-0.15, -0.1) is 0 Å². The number of nitrogens with zero attached hydrogens (tertiary/aromatic N) is 2. The summed E-state index contributed by atoms with van der Waals surface area (Å²) < 4.78 is 36.9. The standard InChI is InChI=1S/C40H45ClN2O6S/c1-47-37-12-6-3-7-20-50(46,25-32(44)24-48-33-10-4-2-5-11-33)42-39(45)29-14-18-38-36(22-29)43(23-30-13-16-34(30)37)26-40(27-49-38)19-8-9-28-21-31(41)15-17-35(28)40/h2,4-6,10-12,14-15,17-18,21-22,30,34,37H,3,7-9,13,16,19-20,23-27H2,1H3/b12-6+/t30-,34+,37-,40-,50+/m0/s1. The number of hydrogen-bond donors (Lipinski definition) is 0. The Bertz CT molecular complexity index is 1890. The number of amides is 1. The van der Waals surface area contributed by atoms with Crippen molar-refractivity contribution in [2.45, 2.75) is 56.5 Å². The number of ketones is 1. The number of para-hydroxylation sites is 1. The number of carbonyl (C=O) groups is 2. The number of carbonyl (C=O) groups excluding carboxylic acids is 2. The minimum Gasteiger partial charge on any atom is -0.490 e. The Morgan fingerprint density at radius 2 is 1.96 bits per heavy atom. The van der Waals surface area contributed by atoms with Gasteiger partial charge < -0.3 is 19.1 Å². The molecule has 0 N–H and O–H groups in total. The van der Waals surface area contributed by atoms with Gasteiger partial charge in [0.1, 0.15) is 18.1 Å². The molecule has 2 aliphatic heterocycles. The van der Waals surface area contributed by atoms with Gasteiger partial charge in [0.2, 0.25) is 0 Å². The molecule has 5 atom stereocenters. The second-order valence-corrected chi connectivity index (χ2v) is 17.1. The number of fused-ring (bicyclic) bond motifs is 4. The van der Waals surface area contributed by atoms with Gasteiger partial charge in [-0.2, -0.15) is 4.36 Å². The number of allylic oxidation sites excluding steroid dienone is 1. The fourth-order valence-electron chi connectivity index (χ4n) is 8.16. The largest absolute Gasteiger partial charge is 0.490 e. The van der Waals surface area contributed by atoms with E-state index in [1.165, 1.54) is 11.1 Å². The second-order valence-electron chi connectivity index (χ2n) is 14.2. The van der Waals surface area contributed by atoms with E-state index in [0.717, 1.165) is 55.9 Å². The van der Waals surface area contributed by atoms with Crippen LogP contribution < -0.4 is 14.4 Å². The third-order valence-corrected chi connectivity index (χ3v) is 13.3. The lowest BCUT2D eigenvalue weighted by Gasteiger charge is -2.46. The SMILES string of the molecule is CO[C@H]1/C=C/CCC[S@@](=O)(CC(=O)COc2ccccc2)=NC(=O)c2ccc3c(c2)N(C[C@@H]2CC[C@H]21)C[C@@]1(CCCc2cc(Cl)ccc21)CO3. The lowest BCUT2D eigenvalue weighted by atomic mass is 9.68. The van der Waals surface area contributed by atoms with E-state index in [1.54, 1.807) is 25.3 Å². The quantitative estimate of drug-likeness (QED) is 0.245. The summed E-state index contributed by atoms with van der Waals surface area (Å²) in [6.45, 7) is 1.79. The molecule has 3 aromatic rings. The first kappa shape index (κ1) is 34.8. The highest BCUT2D eigenvalue weighted by atomic mass is 35.5. The van der Waals surface area contributed by atoms with E-state index < -0.39 is 15.6 Å². The van der Waals surface area contributed by atoms with Crippen LogP contribution in [0, 0.1) is 11.8 Å².